The summed E-state index contributed by atoms with van der Waals surface area (Å²) in [7, 11) is 0. The molecule has 1 aliphatic rings. The Morgan fingerprint density at radius 2 is 2.07 bits per heavy atom. The van der Waals surface area contributed by atoms with Crippen LogP contribution in [0.3, 0.4) is 0 Å². The summed E-state index contributed by atoms with van der Waals surface area (Å²) in [4.78, 5) is 31.1. The van der Waals surface area contributed by atoms with Gasteiger partial charge in [0.25, 0.3) is 5.91 Å². The van der Waals surface area contributed by atoms with Crippen molar-refractivity contribution >= 4 is 34.4 Å². The molecule has 1 aromatic carbocycles. The largest absolute Gasteiger partial charge is 0.352 e. The molecular formula is C22H24ClN5O2. The molecule has 4 rings (SSSR count). The predicted octanol–water partition coefficient (Wildman–Crippen LogP) is 3.43. The van der Waals surface area contributed by atoms with Crippen LogP contribution < -0.4 is 5.32 Å². The summed E-state index contributed by atoms with van der Waals surface area (Å²) in [5.74, 6) is 0.0375. The maximum atomic E-state index is 13.0. The van der Waals surface area contributed by atoms with Gasteiger partial charge in [-0.25, -0.2) is 9.67 Å². The lowest BCUT2D eigenvalue weighted by Crippen LogP contribution is -2.30. The van der Waals surface area contributed by atoms with Crippen molar-refractivity contribution in [2.24, 2.45) is 0 Å². The van der Waals surface area contributed by atoms with E-state index in [9.17, 15) is 9.59 Å². The van der Waals surface area contributed by atoms with Crippen molar-refractivity contribution in [1.82, 2.24) is 25.0 Å². The zero-order valence-corrected chi connectivity index (χ0v) is 17.9. The molecule has 30 heavy (non-hydrogen) atoms. The van der Waals surface area contributed by atoms with Gasteiger partial charge in [-0.3, -0.25) is 9.59 Å². The van der Waals surface area contributed by atoms with Crippen LogP contribution in [0.1, 0.15) is 41.0 Å². The number of fused-ring (bicyclic) bond motifs is 1. The summed E-state index contributed by atoms with van der Waals surface area (Å²) in [5, 5.41) is 8.86. The highest BCUT2D eigenvalue weighted by molar-refractivity contribution is 6.32. The fourth-order valence-corrected chi connectivity index (χ4v) is 4.11. The SMILES string of the molecule is Cc1cc(C(=O)NCCCN2CCCC2=O)c2c(C)nn(-c3ccccc3Cl)c2n1. The minimum absolute atomic E-state index is 0.167. The Balaban J connectivity index is 1.57. The average Bonchev–Trinajstić information content (AvgIpc) is 3.27. The number of benzene rings is 1. The minimum atomic E-state index is -0.167. The molecule has 3 heterocycles. The fraction of sp³-hybridized carbons (Fsp3) is 0.364. The van der Waals surface area contributed by atoms with Gasteiger partial charge in [-0.2, -0.15) is 5.10 Å². The molecule has 1 saturated heterocycles. The van der Waals surface area contributed by atoms with Crippen molar-refractivity contribution in [3.63, 3.8) is 0 Å². The maximum Gasteiger partial charge on any atom is 0.252 e. The van der Waals surface area contributed by atoms with Crippen LogP contribution in [0.25, 0.3) is 16.7 Å². The van der Waals surface area contributed by atoms with Crippen LogP contribution >= 0.6 is 11.6 Å². The lowest BCUT2D eigenvalue weighted by Gasteiger charge is -2.15. The van der Waals surface area contributed by atoms with E-state index in [1.54, 1.807) is 16.8 Å². The minimum Gasteiger partial charge on any atom is -0.352 e. The van der Waals surface area contributed by atoms with Crippen LogP contribution in [0.15, 0.2) is 30.3 Å². The molecule has 0 radical (unpaired) electrons. The van der Waals surface area contributed by atoms with Crippen LogP contribution in [0.5, 0.6) is 0 Å². The summed E-state index contributed by atoms with van der Waals surface area (Å²) in [6, 6.07) is 9.20. The van der Waals surface area contributed by atoms with E-state index in [1.807, 2.05) is 36.9 Å². The zero-order valence-electron chi connectivity index (χ0n) is 17.1. The fourth-order valence-electron chi connectivity index (χ4n) is 3.89. The van der Waals surface area contributed by atoms with Crippen LogP contribution in [0.4, 0.5) is 0 Å². The number of nitrogens with one attached hydrogen (secondary N) is 1. The number of likely N-dealkylation sites (tertiary alicyclic amines) is 1. The summed E-state index contributed by atoms with van der Waals surface area (Å²) in [6.07, 6.45) is 2.28. The van der Waals surface area contributed by atoms with Gasteiger partial charge in [0, 0.05) is 31.7 Å². The highest BCUT2D eigenvalue weighted by Crippen LogP contribution is 2.27. The van der Waals surface area contributed by atoms with Gasteiger partial charge in [0.2, 0.25) is 5.91 Å². The van der Waals surface area contributed by atoms with Gasteiger partial charge in [0.1, 0.15) is 0 Å². The molecule has 0 unspecified atom stereocenters. The van der Waals surface area contributed by atoms with E-state index >= 15 is 0 Å². The number of rotatable bonds is 6. The van der Waals surface area contributed by atoms with E-state index in [4.69, 9.17) is 11.6 Å². The number of pyridine rings is 1. The highest BCUT2D eigenvalue weighted by Gasteiger charge is 2.21. The molecule has 156 valence electrons. The first-order chi connectivity index (χ1) is 14.5. The second-order valence-electron chi connectivity index (χ2n) is 7.55. The molecular weight excluding hydrogens is 402 g/mol. The zero-order chi connectivity index (χ0) is 21.3. The van der Waals surface area contributed by atoms with Crippen LogP contribution in [-0.2, 0) is 4.79 Å². The number of amides is 2. The van der Waals surface area contributed by atoms with E-state index in [2.05, 4.69) is 15.4 Å². The molecule has 1 N–H and O–H groups in total. The average molecular weight is 426 g/mol. The van der Waals surface area contributed by atoms with Gasteiger partial charge in [-0.05, 0) is 44.9 Å². The Morgan fingerprint density at radius 3 is 2.80 bits per heavy atom. The normalized spacial score (nSPS) is 14.0. The molecule has 0 spiro atoms. The summed E-state index contributed by atoms with van der Waals surface area (Å²) in [5.41, 5.74) is 3.31. The second kappa shape index (κ2) is 8.44. The number of nitrogens with zero attached hydrogens (tertiary/aromatic N) is 4. The first-order valence-electron chi connectivity index (χ1n) is 10.1. The molecule has 1 fully saturated rings. The number of halogens is 1. The summed E-state index contributed by atoms with van der Waals surface area (Å²) >= 11 is 6.36. The lowest BCUT2D eigenvalue weighted by atomic mass is 10.1. The number of carbonyl (C=O) groups is 2. The van der Waals surface area contributed by atoms with Gasteiger partial charge in [0.05, 0.1) is 27.4 Å². The molecule has 0 aliphatic carbocycles. The molecule has 0 atom stereocenters. The molecule has 3 aromatic rings. The van der Waals surface area contributed by atoms with Gasteiger partial charge >= 0.3 is 0 Å². The third-order valence-electron chi connectivity index (χ3n) is 5.33. The van der Waals surface area contributed by atoms with Crippen LogP contribution in [-0.4, -0.2) is 51.1 Å². The summed E-state index contributed by atoms with van der Waals surface area (Å²) < 4.78 is 1.69. The van der Waals surface area contributed by atoms with Gasteiger partial charge < -0.3 is 10.2 Å². The molecule has 1 aliphatic heterocycles. The Bertz CT molecular complexity index is 1120. The number of aromatic nitrogens is 3. The standard InChI is InChI=1S/C22H24ClN5O2/c1-14-13-16(22(30)24-10-6-12-27-11-5-9-19(27)29)20-15(2)26-28(21(20)25-14)18-8-4-3-7-17(18)23/h3-4,7-8,13H,5-6,9-12H2,1-2H3,(H,24,30). The quantitative estimate of drug-likeness (QED) is 0.613. The predicted molar refractivity (Wildman–Crippen MR) is 116 cm³/mol. The first kappa shape index (κ1) is 20.3. The van der Waals surface area contributed by atoms with Gasteiger partial charge in [-0.15, -0.1) is 0 Å². The van der Waals surface area contributed by atoms with E-state index in [0.29, 0.717) is 46.8 Å². The lowest BCUT2D eigenvalue weighted by molar-refractivity contribution is -0.127. The third-order valence-corrected chi connectivity index (χ3v) is 5.65. The molecule has 0 saturated carbocycles. The Kier molecular flexibility index (Phi) is 5.72. The Hall–Kier alpha value is -2.93. The smallest absolute Gasteiger partial charge is 0.252 e. The molecule has 2 aromatic heterocycles. The van der Waals surface area contributed by atoms with E-state index in [-0.39, 0.29) is 11.8 Å². The van der Waals surface area contributed by atoms with E-state index in [0.717, 1.165) is 30.8 Å². The molecule has 0 bridgehead atoms. The monoisotopic (exact) mass is 425 g/mol. The number of carbonyl (C=O) groups excluding carboxylic acids is 2. The Labute approximate surface area is 180 Å². The van der Waals surface area contributed by atoms with Crippen LogP contribution in [0.2, 0.25) is 5.02 Å². The second-order valence-corrected chi connectivity index (χ2v) is 7.96. The van der Waals surface area contributed by atoms with E-state index in [1.165, 1.54) is 0 Å². The maximum absolute atomic E-state index is 13.0. The molecule has 2 amide bonds. The molecule has 7 nitrogen and oxygen atoms in total. The number of hydrogen-bond acceptors (Lipinski definition) is 4. The first-order valence-corrected chi connectivity index (χ1v) is 10.5. The topological polar surface area (TPSA) is 80.1 Å². The van der Waals surface area contributed by atoms with Crippen molar-refractivity contribution < 1.29 is 9.59 Å². The van der Waals surface area contributed by atoms with Crippen molar-refractivity contribution in [2.75, 3.05) is 19.6 Å². The Morgan fingerprint density at radius 1 is 1.27 bits per heavy atom. The van der Waals surface area contributed by atoms with Crippen molar-refractivity contribution in [3.8, 4) is 5.69 Å². The highest BCUT2D eigenvalue weighted by atomic mass is 35.5. The van der Waals surface area contributed by atoms with Crippen molar-refractivity contribution in [1.29, 1.82) is 0 Å². The third kappa shape index (κ3) is 3.89. The number of para-hydroxylation sites is 1. The number of aryl methyl sites for hydroxylation is 2. The van der Waals surface area contributed by atoms with Crippen molar-refractivity contribution in [2.45, 2.75) is 33.1 Å². The van der Waals surface area contributed by atoms with Crippen molar-refractivity contribution in [3.05, 3.63) is 52.3 Å². The number of hydrogen-bond donors (Lipinski definition) is 1. The summed E-state index contributed by atoms with van der Waals surface area (Å²) in [6.45, 7) is 5.71. The van der Waals surface area contributed by atoms with Gasteiger partial charge in [0.15, 0.2) is 5.65 Å². The molecule has 8 heteroatoms. The van der Waals surface area contributed by atoms with E-state index < -0.39 is 0 Å². The van der Waals surface area contributed by atoms with Crippen LogP contribution in [0, 0.1) is 13.8 Å². The van der Waals surface area contributed by atoms with Gasteiger partial charge in [-0.1, -0.05) is 23.7 Å².